The Kier molecular flexibility index (Phi) is 2.00. The van der Waals surface area contributed by atoms with Crippen LogP contribution >= 0.6 is 0 Å². The summed E-state index contributed by atoms with van der Waals surface area (Å²) in [6.07, 6.45) is 3.64. The first-order valence-corrected chi connectivity index (χ1v) is 3.30. The van der Waals surface area contributed by atoms with E-state index in [1.165, 1.54) is 12.8 Å². The van der Waals surface area contributed by atoms with Crippen LogP contribution in [0.2, 0.25) is 0 Å². The lowest BCUT2D eigenvalue weighted by Crippen LogP contribution is -2.06. The lowest BCUT2D eigenvalue weighted by Gasteiger charge is -2.10. The molecule has 1 atom stereocenters. The Morgan fingerprint density at radius 2 is 2.50 bits per heavy atom. The van der Waals surface area contributed by atoms with Gasteiger partial charge in [-0.1, -0.05) is 6.92 Å². The summed E-state index contributed by atoms with van der Waals surface area (Å²) in [4.78, 5) is 0. The minimum absolute atomic E-state index is 0.545. The monoisotopic (exact) mass is 112 g/mol. The Morgan fingerprint density at radius 1 is 1.62 bits per heavy atom. The Hall–Kier alpha value is -0.400. The highest BCUT2D eigenvalue weighted by atomic mass is 15.1. The van der Waals surface area contributed by atoms with Crippen LogP contribution in [0, 0.1) is 0 Å². The number of rotatable bonds is 1. The molecular formula is C6H12N2. The first-order chi connectivity index (χ1) is 3.93. The first kappa shape index (κ1) is 5.73. The zero-order chi connectivity index (χ0) is 5.82. The van der Waals surface area contributed by atoms with E-state index in [1.807, 2.05) is 0 Å². The molecule has 0 spiro atoms. The smallest absolute Gasteiger partial charge is 0.0706 e. The average Bonchev–Trinajstić information content (AvgIpc) is 1.90. The van der Waals surface area contributed by atoms with Gasteiger partial charge in [0.1, 0.15) is 0 Å². The van der Waals surface area contributed by atoms with Crippen molar-refractivity contribution < 1.29 is 0 Å². The summed E-state index contributed by atoms with van der Waals surface area (Å²) in [7, 11) is 0. The molecule has 2 nitrogen and oxygen atoms in total. The van der Waals surface area contributed by atoms with Crippen LogP contribution in [-0.4, -0.2) is 12.6 Å². The lowest BCUT2D eigenvalue weighted by atomic mass is 10.1. The molecule has 0 saturated heterocycles. The second-order valence-electron chi connectivity index (χ2n) is 2.18. The second kappa shape index (κ2) is 2.80. The van der Waals surface area contributed by atoms with Crippen molar-refractivity contribution in [3.8, 4) is 0 Å². The van der Waals surface area contributed by atoms with Crippen LogP contribution in [0.3, 0.4) is 0 Å². The van der Waals surface area contributed by atoms with Crippen molar-refractivity contribution in [3.63, 3.8) is 0 Å². The molecule has 1 unspecified atom stereocenters. The van der Waals surface area contributed by atoms with E-state index < -0.39 is 0 Å². The zero-order valence-electron chi connectivity index (χ0n) is 5.30. The van der Waals surface area contributed by atoms with Gasteiger partial charge in [-0.25, -0.2) is 0 Å². The molecule has 0 amide bonds. The molecule has 1 aliphatic heterocycles. The molecule has 0 aromatic carbocycles. The molecule has 8 heavy (non-hydrogen) atoms. The SMILES string of the molecule is CCC1CCCN=N1. The van der Waals surface area contributed by atoms with Gasteiger partial charge in [0.15, 0.2) is 0 Å². The van der Waals surface area contributed by atoms with Gasteiger partial charge < -0.3 is 0 Å². The highest BCUT2D eigenvalue weighted by Crippen LogP contribution is 2.11. The predicted octanol–water partition coefficient (Wildman–Crippen LogP) is 2.01. The number of azo groups is 1. The van der Waals surface area contributed by atoms with E-state index >= 15 is 0 Å². The summed E-state index contributed by atoms with van der Waals surface area (Å²) >= 11 is 0. The van der Waals surface area contributed by atoms with Crippen LogP contribution in [0.25, 0.3) is 0 Å². The minimum atomic E-state index is 0.545. The molecular weight excluding hydrogens is 100 g/mol. The molecule has 0 fully saturated rings. The maximum Gasteiger partial charge on any atom is 0.0706 e. The fraction of sp³-hybridized carbons (Fsp3) is 1.00. The average molecular weight is 112 g/mol. The third-order valence-corrected chi connectivity index (χ3v) is 1.51. The van der Waals surface area contributed by atoms with Crippen molar-refractivity contribution in [2.24, 2.45) is 10.2 Å². The van der Waals surface area contributed by atoms with Crippen LogP contribution < -0.4 is 0 Å². The van der Waals surface area contributed by atoms with Gasteiger partial charge in [0.25, 0.3) is 0 Å². The van der Waals surface area contributed by atoms with Crippen LogP contribution in [-0.2, 0) is 0 Å². The molecule has 46 valence electrons. The largest absolute Gasteiger partial charge is 0.194 e. The summed E-state index contributed by atoms with van der Waals surface area (Å²) in [5.41, 5.74) is 0. The molecule has 1 rings (SSSR count). The number of nitrogens with zero attached hydrogens (tertiary/aromatic N) is 2. The van der Waals surface area contributed by atoms with Crippen molar-refractivity contribution in [1.82, 2.24) is 0 Å². The Labute approximate surface area is 50.0 Å². The summed E-state index contributed by atoms with van der Waals surface area (Å²) in [5.74, 6) is 0. The Morgan fingerprint density at radius 3 is 2.88 bits per heavy atom. The van der Waals surface area contributed by atoms with Gasteiger partial charge in [0.2, 0.25) is 0 Å². The van der Waals surface area contributed by atoms with E-state index in [4.69, 9.17) is 0 Å². The second-order valence-corrected chi connectivity index (χ2v) is 2.18. The van der Waals surface area contributed by atoms with Gasteiger partial charge in [-0.05, 0) is 19.3 Å². The van der Waals surface area contributed by atoms with E-state index in [2.05, 4.69) is 17.2 Å². The molecule has 2 heteroatoms. The van der Waals surface area contributed by atoms with Gasteiger partial charge in [-0.2, -0.15) is 10.2 Å². The molecule has 1 heterocycles. The first-order valence-electron chi connectivity index (χ1n) is 3.30. The minimum Gasteiger partial charge on any atom is -0.194 e. The number of hydrogen-bond donors (Lipinski definition) is 0. The van der Waals surface area contributed by atoms with Crippen molar-refractivity contribution in [3.05, 3.63) is 0 Å². The standard InChI is InChI=1S/C6H12N2/c1-2-6-4-3-5-7-8-6/h6H,2-5H2,1H3. The highest BCUT2D eigenvalue weighted by molar-refractivity contribution is 4.66. The van der Waals surface area contributed by atoms with Crippen molar-refractivity contribution in [1.29, 1.82) is 0 Å². The van der Waals surface area contributed by atoms with Gasteiger partial charge in [-0.3, -0.25) is 0 Å². The molecule has 1 aliphatic rings. The molecule has 0 bridgehead atoms. The Bertz CT molecular complexity index is 88.5. The maximum absolute atomic E-state index is 4.07. The molecule has 0 N–H and O–H groups in total. The Balaban J connectivity index is 2.32. The fourth-order valence-corrected chi connectivity index (χ4v) is 0.914. The molecule has 0 aromatic rings. The summed E-state index contributed by atoms with van der Waals surface area (Å²) in [5, 5.41) is 8.03. The van der Waals surface area contributed by atoms with Crippen LogP contribution in [0.1, 0.15) is 26.2 Å². The normalized spacial score (nSPS) is 28.4. The van der Waals surface area contributed by atoms with E-state index in [0.29, 0.717) is 6.04 Å². The number of hydrogen-bond acceptors (Lipinski definition) is 2. The van der Waals surface area contributed by atoms with Gasteiger partial charge in [-0.15, -0.1) is 0 Å². The van der Waals surface area contributed by atoms with Crippen LogP contribution in [0.5, 0.6) is 0 Å². The molecule has 0 saturated carbocycles. The van der Waals surface area contributed by atoms with E-state index in [0.717, 1.165) is 13.0 Å². The summed E-state index contributed by atoms with van der Waals surface area (Å²) in [6.45, 7) is 3.12. The zero-order valence-corrected chi connectivity index (χ0v) is 5.30. The lowest BCUT2D eigenvalue weighted by molar-refractivity contribution is 0.500. The van der Waals surface area contributed by atoms with E-state index in [9.17, 15) is 0 Å². The molecule has 0 aliphatic carbocycles. The van der Waals surface area contributed by atoms with Gasteiger partial charge >= 0.3 is 0 Å². The quantitative estimate of drug-likeness (QED) is 0.495. The van der Waals surface area contributed by atoms with E-state index in [-0.39, 0.29) is 0 Å². The van der Waals surface area contributed by atoms with Crippen molar-refractivity contribution in [2.75, 3.05) is 6.54 Å². The summed E-state index contributed by atoms with van der Waals surface area (Å²) in [6, 6.07) is 0.545. The molecule has 0 aromatic heterocycles. The third-order valence-electron chi connectivity index (χ3n) is 1.51. The van der Waals surface area contributed by atoms with Crippen molar-refractivity contribution >= 4 is 0 Å². The maximum atomic E-state index is 4.07. The molecule has 0 radical (unpaired) electrons. The fourth-order valence-electron chi connectivity index (χ4n) is 0.914. The predicted molar refractivity (Wildman–Crippen MR) is 33.0 cm³/mol. The van der Waals surface area contributed by atoms with Crippen molar-refractivity contribution in [2.45, 2.75) is 32.2 Å². The van der Waals surface area contributed by atoms with Crippen LogP contribution in [0.4, 0.5) is 0 Å². The topological polar surface area (TPSA) is 24.7 Å². The van der Waals surface area contributed by atoms with E-state index in [1.54, 1.807) is 0 Å². The highest BCUT2D eigenvalue weighted by Gasteiger charge is 2.06. The van der Waals surface area contributed by atoms with Gasteiger partial charge in [0, 0.05) is 0 Å². The van der Waals surface area contributed by atoms with Gasteiger partial charge in [0.05, 0.1) is 12.6 Å². The third kappa shape index (κ3) is 1.29. The van der Waals surface area contributed by atoms with Crippen LogP contribution in [0.15, 0.2) is 10.2 Å². The summed E-state index contributed by atoms with van der Waals surface area (Å²) < 4.78 is 0.